The number of nitrogens with zero attached hydrogens (tertiary/aromatic N) is 3. The summed E-state index contributed by atoms with van der Waals surface area (Å²) < 4.78 is 5.49. The van der Waals surface area contributed by atoms with Gasteiger partial charge in [-0.15, -0.1) is 0 Å². The van der Waals surface area contributed by atoms with Gasteiger partial charge in [-0.2, -0.15) is 4.98 Å². The third kappa shape index (κ3) is 3.56. The first-order valence-electron chi connectivity index (χ1n) is 7.09. The number of aryl methyl sites for hydroxylation is 1. The van der Waals surface area contributed by atoms with Gasteiger partial charge in [0.2, 0.25) is 5.88 Å². The molecule has 1 aromatic heterocycles. The van der Waals surface area contributed by atoms with E-state index in [2.05, 4.69) is 21.8 Å². The molecular formula is C14H24N4O. The highest BCUT2D eigenvalue weighted by Gasteiger charge is 2.24. The van der Waals surface area contributed by atoms with E-state index in [-0.39, 0.29) is 6.04 Å². The molecular weight excluding hydrogens is 240 g/mol. The Hall–Kier alpha value is -1.36. The van der Waals surface area contributed by atoms with E-state index in [0.29, 0.717) is 18.4 Å². The fourth-order valence-corrected chi connectivity index (χ4v) is 2.56. The van der Waals surface area contributed by atoms with Crippen LogP contribution in [0.4, 0.5) is 5.82 Å². The third-order valence-electron chi connectivity index (χ3n) is 3.62. The van der Waals surface area contributed by atoms with E-state index < -0.39 is 0 Å². The van der Waals surface area contributed by atoms with Crippen molar-refractivity contribution in [1.29, 1.82) is 0 Å². The molecule has 0 bridgehead atoms. The van der Waals surface area contributed by atoms with Crippen molar-refractivity contribution in [2.24, 2.45) is 11.7 Å². The Morgan fingerprint density at radius 3 is 3.00 bits per heavy atom. The van der Waals surface area contributed by atoms with Crippen LogP contribution < -0.4 is 15.4 Å². The number of nitrogens with two attached hydrogens (primary N) is 1. The van der Waals surface area contributed by atoms with Gasteiger partial charge in [0.05, 0.1) is 6.61 Å². The number of ether oxygens (including phenoxy) is 1. The summed E-state index contributed by atoms with van der Waals surface area (Å²) >= 11 is 0. The van der Waals surface area contributed by atoms with Gasteiger partial charge in [-0.3, -0.25) is 0 Å². The van der Waals surface area contributed by atoms with E-state index in [1.165, 1.54) is 12.8 Å². The number of anilines is 1. The molecule has 2 rings (SSSR count). The first-order valence-corrected chi connectivity index (χ1v) is 7.09. The van der Waals surface area contributed by atoms with Gasteiger partial charge in [-0.1, -0.05) is 0 Å². The molecule has 0 radical (unpaired) electrons. The van der Waals surface area contributed by atoms with Crippen LogP contribution in [0.5, 0.6) is 5.88 Å². The lowest BCUT2D eigenvalue weighted by Crippen LogP contribution is -2.42. The average Bonchev–Trinajstić information content (AvgIpc) is 2.38. The first-order chi connectivity index (χ1) is 9.10. The zero-order valence-electron chi connectivity index (χ0n) is 12.1. The van der Waals surface area contributed by atoms with Crippen molar-refractivity contribution in [2.75, 3.05) is 24.6 Å². The molecule has 2 heterocycles. The Bertz CT molecular complexity index is 422. The lowest BCUT2D eigenvalue weighted by molar-refractivity contribution is 0.324. The third-order valence-corrected chi connectivity index (χ3v) is 3.62. The molecule has 106 valence electrons. The number of hydrogen-bond donors (Lipinski definition) is 1. The topological polar surface area (TPSA) is 64.3 Å². The Morgan fingerprint density at radius 2 is 2.32 bits per heavy atom. The summed E-state index contributed by atoms with van der Waals surface area (Å²) in [6.45, 7) is 8.58. The minimum atomic E-state index is 0.233. The van der Waals surface area contributed by atoms with Crippen molar-refractivity contribution in [2.45, 2.75) is 39.7 Å². The summed E-state index contributed by atoms with van der Waals surface area (Å²) in [6, 6.07) is 2.16. The molecule has 0 aromatic carbocycles. The molecule has 1 fully saturated rings. The van der Waals surface area contributed by atoms with E-state index in [4.69, 9.17) is 10.5 Å². The van der Waals surface area contributed by atoms with Crippen molar-refractivity contribution >= 4 is 5.82 Å². The van der Waals surface area contributed by atoms with Crippen molar-refractivity contribution in [3.05, 3.63) is 11.9 Å². The van der Waals surface area contributed by atoms with Gasteiger partial charge in [0.15, 0.2) is 0 Å². The molecule has 2 unspecified atom stereocenters. The predicted octanol–water partition coefficient (Wildman–Crippen LogP) is 1.75. The van der Waals surface area contributed by atoms with E-state index in [1.54, 1.807) is 0 Å². The van der Waals surface area contributed by atoms with Gasteiger partial charge in [0.1, 0.15) is 11.6 Å². The number of rotatable bonds is 4. The molecule has 0 saturated carbocycles. The van der Waals surface area contributed by atoms with Crippen LogP contribution in [0.2, 0.25) is 0 Å². The van der Waals surface area contributed by atoms with Crippen LogP contribution in [0.3, 0.4) is 0 Å². The molecule has 1 aromatic rings. The van der Waals surface area contributed by atoms with Crippen LogP contribution in [0.15, 0.2) is 6.07 Å². The standard InChI is InChI=1S/C14H24N4O/c1-4-19-14-8-13(16-11(3)17-14)18-7-5-6-12(9-18)10(2)15/h8,10,12H,4-7,9,15H2,1-3H3. The van der Waals surface area contributed by atoms with Gasteiger partial charge in [-0.25, -0.2) is 4.98 Å². The van der Waals surface area contributed by atoms with E-state index in [9.17, 15) is 0 Å². The summed E-state index contributed by atoms with van der Waals surface area (Å²) in [4.78, 5) is 11.1. The molecule has 1 saturated heterocycles. The van der Waals surface area contributed by atoms with Crippen LogP contribution in [0.1, 0.15) is 32.5 Å². The molecule has 2 atom stereocenters. The molecule has 0 amide bonds. The van der Waals surface area contributed by atoms with Gasteiger partial charge >= 0.3 is 0 Å². The second kappa shape index (κ2) is 6.19. The van der Waals surface area contributed by atoms with Gasteiger partial charge < -0.3 is 15.4 Å². The SMILES string of the molecule is CCOc1cc(N2CCCC(C(C)N)C2)nc(C)n1. The largest absolute Gasteiger partial charge is 0.478 e. The van der Waals surface area contributed by atoms with E-state index in [1.807, 2.05) is 19.9 Å². The molecule has 0 aliphatic carbocycles. The Balaban J connectivity index is 2.16. The second-order valence-corrected chi connectivity index (χ2v) is 5.25. The van der Waals surface area contributed by atoms with Crippen molar-refractivity contribution in [1.82, 2.24) is 9.97 Å². The van der Waals surface area contributed by atoms with E-state index in [0.717, 1.165) is 24.7 Å². The Morgan fingerprint density at radius 1 is 1.53 bits per heavy atom. The summed E-state index contributed by atoms with van der Waals surface area (Å²) in [5.41, 5.74) is 6.03. The summed E-state index contributed by atoms with van der Waals surface area (Å²) in [5.74, 6) is 2.91. The fraction of sp³-hybridized carbons (Fsp3) is 0.714. The molecule has 5 nitrogen and oxygen atoms in total. The molecule has 5 heteroatoms. The average molecular weight is 264 g/mol. The maximum absolute atomic E-state index is 6.03. The highest BCUT2D eigenvalue weighted by molar-refractivity contribution is 5.42. The number of hydrogen-bond acceptors (Lipinski definition) is 5. The maximum atomic E-state index is 6.03. The summed E-state index contributed by atoms with van der Waals surface area (Å²) in [5, 5.41) is 0. The van der Waals surface area contributed by atoms with E-state index >= 15 is 0 Å². The normalized spacial score (nSPS) is 21.3. The smallest absolute Gasteiger partial charge is 0.218 e. The minimum absolute atomic E-state index is 0.233. The minimum Gasteiger partial charge on any atom is -0.478 e. The fourth-order valence-electron chi connectivity index (χ4n) is 2.56. The molecule has 1 aliphatic rings. The Labute approximate surface area is 115 Å². The lowest BCUT2D eigenvalue weighted by Gasteiger charge is -2.35. The van der Waals surface area contributed by atoms with Crippen LogP contribution in [0, 0.1) is 12.8 Å². The summed E-state index contributed by atoms with van der Waals surface area (Å²) in [6.07, 6.45) is 2.37. The highest BCUT2D eigenvalue weighted by atomic mass is 16.5. The van der Waals surface area contributed by atoms with Crippen LogP contribution in [-0.2, 0) is 0 Å². The van der Waals surface area contributed by atoms with Crippen molar-refractivity contribution in [3.8, 4) is 5.88 Å². The van der Waals surface area contributed by atoms with Crippen LogP contribution in [0.25, 0.3) is 0 Å². The molecule has 1 aliphatic heterocycles. The number of piperidine rings is 1. The van der Waals surface area contributed by atoms with Gasteiger partial charge in [-0.05, 0) is 39.5 Å². The monoisotopic (exact) mass is 264 g/mol. The van der Waals surface area contributed by atoms with Crippen molar-refractivity contribution < 1.29 is 4.74 Å². The van der Waals surface area contributed by atoms with Crippen LogP contribution in [-0.4, -0.2) is 35.7 Å². The molecule has 2 N–H and O–H groups in total. The Kier molecular flexibility index (Phi) is 4.58. The summed E-state index contributed by atoms with van der Waals surface area (Å²) in [7, 11) is 0. The number of aromatic nitrogens is 2. The first kappa shape index (κ1) is 14.1. The zero-order chi connectivity index (χ0) is 13.8. The highest BCUT2D eigenvalue weighted by Crippen LogP contribution is 2.25. The van der Waals surface area contributed by atoms with Gasteiger partial charge in [0.25, 0.3) is 0 Å². The van der Waals surface area contributed by atoms with Gasteiger partial charge in [0, 0.05) is 25.2 Å². The lowest BCUT2D eigenvalue weighted by atomic mass is 9.92. The second-order valence-electron chi connectivity index (χ2n) is 5.25. The van der Waals surface area contributed by atoms with Crippen molar-refractivity contribution in [3.63, 3.8) is 0 Å². The molecule has 19 heavy (non-hydrogen) atoms. The maximum Gasteiger partial charge on any atom is 0.218 e. The zero-order valence-corrected chi connectivity index (χ0v) is 12.1. The quantitative estimate of drug-likeness (QED) is 0.897. The van der Waals surface area contributed by atoms with Crippen LogP contribution >= 0.6 is 0 Å². The predicted molar refractivity (Wildman–Crippen MR) is 76.5 cm³/mol. The molecule has 0 spiro atoms.